The Labute approximate surface area is 101 Å². The molecule has 1 nitrogen and oxygen atoms in total. The van der Waals surface area contributed by atoms with Crippen LogP contribution in [0.3, 0.4) is 0 Å². The van der Waals surface area contributed by atoms with Crippen LogP contribution in [0.15, 0.2) is 18.2 Å². The van der Waals surface area contributed by atoms with Crippen molar-refractivity contribution in [1.82, 2.24) is 5.32 Å². The van der Waals surface area contributed by atoms with E-state index < -0.39 is 11.6 Å². The second-order valence-corrected chi connectivity index (χ2v) is 5.44. The summed E-state index contributed by atoms with van der Waals surface area (Å²) in [5, 5.41) is 3.40. The second-order valence-electron chi connectivity index (χ2n) is 5.44. The molecule has 1 saturated carbocycles. The molecule has 0 aliphatic heterocycles. The van der Waals surface area contributed by atoms with Crippen LogP contribution in [0.4, 0.5) is 8.78 Å². The van der Waals surface area contributed by atoms with Crippen molar-refractivity contribution in [2.45, 2.75) is 39.2 Å². The molecule has 1 aliphatic carbocycles. The fourth-order valence-corrected chi connectivity index (χ4v) is 2.26. The van der Waals surface area contributed by atoms with Gasteiger partial charge in [-0.3, -0.25) is 0 Å². The van der Waals surface area contributed by atoms with Crippen molar-refractivity contribution < 1.29 is 8.78 Å². The summed E-state index contributed by atoms with van der Waals surface area (Å²) in [5.41, 5.74) is 1.19. The Balaban J connectivity index is 1.94. The average molecular weight is 239 g/mol. The first-order valence-electron chi connectivity index (χ1n) is 6.18. The first-order valence-corrected chi connectivity index (χ1v) is 6.18. The molecule has 0 heterocycles. The van der Waals surface area contributed by atoms with Gasteiger partial charge in [-0.05, 0) is 42.9 Å². The molecule has 0 bridgehead atoms. The highest BCUT2D eigenvalue weighted by atomic mass is 19.2. The molecule has 0 aromatic heterocycles. The normalized spacial score (nSPS) is 19.8. The molecular formula is C14H19F2N. The number of halogens is 2. The van der Waals surface area contributed by atoms with Gasteiger partial charge in [-0.1, -0.05) is 19.4 Å². The molecule has 0 saturated heterocycles. The zero-order valence-corrected chi connectivity index (χ0v) is 10.4. The van der Waals surface area contributed by atoms with E-state index in [0.29, 0.717) is 5.41 Å². The minimum Gasteiger partial charge on any atom is -0.310 e. The van der Waals surface area contributed by atoms with Crippen LogP contribution >= 0.6 is 0 Å². The van der Waals surface area contributed by atoms with Crippen molar-refractivity contribution in [3.8, 4) is 0 Å². The highest BCUT2D eigenvalue weighted by molar-refractivity contribution is 5.20. The highest BCUT2D eigenvalue weighted by Crippen LogP contribution is 2.39. The van der Waals surface area contributed by atoms with Crippen LogP contribution in [0.1, 0.15) is 44.7 Å². The highest BCUT2D eigenvalue weighted by Gasteiger charge is 2.31. The van der Waals surface area contributed by atoms with Gasteiger partial charge in [0.05, 0.1) is 0 Å². The molecule has 1 unspecified atom stereocenters. The van der Waals surface area contributed by atoms with Crippen LogP contribution < -0.4 is 5.32 Å². The molecule has 0 radical (unpaired) electrons. The lowest BCUT2D eigenvalue weighted by molar-refractivity contribution is 0.152. The van der Waals surface area contributed by atoms with Gasteiger partial charge in [0.2, 0.25) is 0 Å². The minimum absolute atomic E-state index is 0.0579. The fourth-order valence-electron chi connectivity index (χ4n) is 2.26. The zero-order chi connectivity index (χ0) is 12.5. The van der Waals surface area contributed by atoms with Gasteiger partial charge in [0, 0.05) is 12.6 Å². The standard InChI is InChI=1S/C14H19F2N/c1-10(17-9-14(2)6-3-7-14)11-4-5-12(15)13(16)8-11/h4-5,8,10,17H,3,6-7,9H2,1-2H3. The van der Waals surface area contributed by atoms with E-state index in [2.05, 4.69) is 12.2 Å². The van der Waals surface area contributed by atoms with Crippen molar-refractivity contribution in [3.05, 3.63) is 35.4 Å². The van der Waals surface area contributed by atoms with Gasteiger partial charge >= 0.3 is 0 Å². The molecule has 1 atom stereocenters. The van der Waals surface area contributed by atoms with Crippen LogP contribution in [0.2, 0.25) is 0 Å². The summed E-state index contributed by atoms with van der Waals surface area (Å²) in [5.74, 6) is -1.56. The van der Waals surface area contributed by atoms with E-state index in [-0.39, 0.29) is 6.04 Å². The Kier molecular flexibility index (Phi) is 3.48. The second kappa shape index (κ2) is 4.73. The van der Waals surface area contributed by atoms with E-state index in [9.17, 15) is 8.78 Å². The van der Waals surface area contributed by atoms with Crippen LogP contribution in [-0.2, 0) is 0 Å². The summed E-state index contributed by atoms with van der Waals surface area (Å²) in [7, 11) is 0. The molecule has 3 heteroatoms. The maximum Gasteiger partial charge on any atom is 0.159 e. The number of hydrogen-bond acceptors (Lipinski definition) is 1. The van der Waals surface area contributed by atoms with Gasteiger partial charge in [-0.2, -0.15) is 0 Å². The minimum atomic E-state index is -0.785. The number of rotatable bonds is 4. The molecule has 94 valence electrons. The predicted molar refractivity (Wildman–Crippen MR) is 64.7 cm³/mol. The zero-order valence-electron chi connectivity index (χ0n) is 10.4. The molecule has 1 aliphatic rings. The van der Waals surface area contributed by atoms with Crippen LogP contribution in [0.5, 0.6) is 0 Å². The topological polar surface area (TPSA) is 12.0 Å². The third-order valence-electron chi connectivity index (χ3n) is 3.84. The number of nitrogens with one attached hydrogen (secondary N) is 1. The Morgan fingerprint density at radius 3 is 2.53 bits per heavy atom. The van der Waals surface area contributed by atoms with Crippen molar-refractivity contribution in [2.75, 3.05) is 6.54 Å². The van der Waals surface area contributed by atoms with E-state index >= 15 is 0 Å². The van der Waals surface area contributed by atoms with E-state index in [1.165, 1.54) is 31.4 Å². The van der Waals surface area contributed by atoms with Gasteiger partial charge in [-0.25, -0.2) is 8.78 Å². The smallest absolute Gasteiger partial charge is 0.159 e. The van der Waals surface area contributed by atoms with Gasteiger partial charge in [0.15, 0.2) is 11.6 Å². The third kappa shape index (κ3) is 2.83. The lowest BCUT2D eigenvalue weighted by Gasteiger charge is -2.39. The molecule has 1 fully saturated rings. The molecule has 17 heavy (non-hydrogen) atoms. The van der Waals surface area contributed by atoms with Crippen LogP contribution in [0, 0.1) is 17.0 Å². The lowest BCUT2D eigenvalue weighted by atomic mass is 9.70. The summed E-state index contributed by atoms with van der Waals surface area (Å²) in [6.07, 6.45) is 3.81. The van der Waals surface area contributed by atoms with Gasteiger partial charge in [0.1, 0.15) is 0 Å². The van der Waals surface area contributed by atoms with Crippen LogP contribution in [0.25, 0.3) is 0 Å². The predicted octanol–water partition coefficient (Wildman–Crippen LogP) is 3.81. The van der Waals surface area contributed by atoms with Gasteiger partial charge in [0.25, 0.3) is 0 Å². The Bertz CT molecular complexity index is 399. The molecule has 1 aromatic rings. The molecule has 1 aromatic carbocycles. The van der Waals surface area contributed by atoms with E-state index in [4.69, 9.17) is 0 Å². The Hall–Kier alpha value is -0.960. The number of hydrogen-bond donors (Lipinski definition) is 1. The summed E-state index contributed by atoms with van der Waals surface area (Å²) >= 11 is 0. The molecular weight excluding hydrogens is 220 g/mol. The van der Waals surface area contributed by atoms with Crippen molar-refractivity contribution in [3.63, 3.8) is 0 Å². The summed E-state index contributed by atoms with van der Waals surface area (Å²) in [6, 6.07) is 4.16. The third-order valence-corrected chi connectivity index (χ3v) is 3.84. The summed E-state index contributed by atoms with van der Waals surface area (Å²) < 4.78 is 25.9. The maximum atomic E-state index is 13.1. The average Bonchev–Trinajstić information content (AvgIpc) is 2.27. The van der Waals surface area contributed by atoms with Crippen molar-refractivity contribution in [1.29, 1.82) is 0 Å². The van der Waals surface area contributed by atoms with Crippen molar-refractivity contribution >= 4 is 0 Å². The van der Waals surface area contributed by atoms with E-state index in [1.54, 1.807) is 6.07 Å². The molecule has 0 amide bonds. The quantitative estimate of drug-likeness (QED) is 0.842. The van der Waals surface area contributed by atoms with E-state index in [1.807, 2.05) is 6.92 Å². The fraction of sp³-hybridized carbons (Fsp3) is 0.571. The van der Waals surface area contributed by atoms with Gasteiger partial charge < -0.3 is 5.32 Å². The SMILES string of the molecule is CC(NCC1(C)CCC1)c1ccc(F)c(F)c1. The molecule has 0 spiro atoms. The number of benzene rings is 1. The Morgan fingerprint density at radius 1 is 1.29 bits per heavy atom. The summed E-state index contributed by atoms with van der Waals surface area (Å²) in [6.45, 7) is 5.18. The Morgan fingerprint density at radius 2 is 2.00 bits per heavy atom. The first-order chi connectivity index (χ1) is 8.00. The largest absolute Gasteiger partial charge is 0.310 e. The van der Waals surface area contributed by atoms with Crippen LogP contribution in [-0.4, -0.2) is 6.54 Å². The molecule has 1 N–H and O–H groups in total. The van der Waals surface area contributed by atoms with Crippen molar-refractivity contribution in [2.24, 2.45) is 5.41 Å². The molecule has 2 rings (SSSR count). The maximum absolute atomic E-state index is 13.1. The monoisotopic (exact) mass is 239 g/mol. The van der Waals surface area contributed by atoms with Gasteiger partial charge in [-0.15, -0.1) is 0 Å². The lowest BCUT2D eigenvalue weighted by Crippen LogP contribution is -2.38. The first kappa shape index (κ1) is 12.5. The van der Waals surface area contributed by atoms with E-state index in [0.717, 1.165) is 12.1 Å². The summed E-state index contributed by atoms with van der Waals surface area (Å²) in [4.78, 5) is 0.